The van der Waals surface area contributed by atoms with E-state index < -0.39 is 18.0 Å². The molecule has 0 aliphatic carbocycles. The summed E-state index contributed by atoms with van der Waals surface area (Å²) in [5, 5.41) is 2.18. The summed E-state index contributed by atoms with van der Waals surface area (Å²) in [4.78, 5) is 24.5. The predicted molar refractivity (Wildman–Crippen MR) is 90.1 cm³/mol. The number of amides is 3. The number of hydrogen-bond acceptors (Lipinski definition) is 4. The number of carbonyl (C=O) groups is 2. The summed E-state index contributed by atoms with van der Waals surface area (Å²) in [6, 6.07) is 13.6. The number of imide groups is 1. The molecule has 1 unspecified atom stereocenters. The van der Waals surface area contributed by atoms with E-state index in [4.69, 9.17) is 15.2 Å². The van der Waals surface area contributed by atoms with E-state index >= 15 is 0 Å². The lowest BCUT2D eigenvalue weighted by Gasteiger charge is -2.24. The maximum absolute atomic E-state index is 12.5. The third-order valence-electron chi connectivity index (χ3n) is 4.05. The Morgan fingerprint density at radius 2 is 1.88 bits per heavy atom. The SMILES string of the molecule is C[NH+](Cc1ccc2c(c1)OCO2)[C@H](C(=O)NC(N)=O)c1ccccc1. The molecule has 2 atom stereocenters. The van der Waals surface area contributed by atoms with Gasteiger partial charge in [-0.2, -0.15) is 0 Å². The molecule has 1 heterocycles. The molecule has 0 bridgehead atoms. The van der Waals surface area contributed by atoms with Crippen molar-refractivity contribution < 1.29 is 24.0 Å². The number of rotatable bonds is 5. The quantitative estimate of drug-likeness (QED) is 0.731. The number of nitrogens with one attached hydrogen (secondary N) is 2. The van der Waals surface area contributed by atoms with Crippen LogP contribution in [0.3, 0.4) is 0 Å². The molecular weight excluding hydrogens is 322 g/mol. The van der Waals surface area contributed by atoms with Gasteiger partial charge < -0.3 is 20.1 Å². The van der Waals surface area contributed by atoms with Gasteiger partial charge in [0.25, 0.3) is 5.91 Å². The molecule has 0 radical (unpaired) electrons. The zero-order valence-corrected chi connectivity index (χ0v) is 13.8. The minimum atomic E-state index is -0.859. The molecule has 3 amide bonds. The maximum atomic E-state index is 12.5. The minimum Gasteiger partial charge on any atom is -0.454 e. The Labute approximate surface area is 145 Å². The highest BCUT2D eigenvalue weighted by Crippen LogP contribution is 2.32. The van der Waals surface area contributed by atoms with Crippen molar-refractivity contribution in [2.24, 2.45) is 5.73 Å². The van der Waals surface area contributed by atoms with Crippen molar-refractivity contribution in [1.82, 2.24) is 5.32 Å². The van der Waals surface area contributed by atoms with Crippen LogP contribution in [0.1, 0.15) is 17.2 Å². The number of likely N-dealkylation sites (N-methyl/N-ethyl adjacent to an activating group) is 1. The summed E-state index contributed by atoms with van der Waals surface area (Å²) in [6.45, 7) is 0.775. The monoisotopic (exact) mass is 342 g/mol. The van der Waals surface area contributed by atoms with E-state index in [-0.39, 0.29) is 6.79 Å². The van der Waals surface area contributed by atoms with Gasteiger partial charge in [-0.25, -0.2) is 4.79 Å². The molecule has 2 aromatic carbocycles. The fourth-order valence-corrected chi connectivity index (χ4v) is 2.97. The lowest BCUT2D eigenvalue weighted by molar-refractivity contribution is -0.916. The summed E-state index contributed by atoms with van der Waals surface area (Å²) in [5.74, 6) is 0.979. The molecule has 0 saturated carbocycles. The van der Waals surface area contributed by atoms with E-state index in [9.17, 15) is 9.59 Å². The fraction of sp³-hybridized carbons (Fsp3) is 0.222. The molecule has 0 aromatic heterocycles. The molecular formula is C18H20N3O4+. The average molecular weight is 342 g/mol. The highest BCUT2D eigenvalue weighted by Gasteiger charge is 2.30. The van der Waals surface area contributed by atoms with Gasteiger partial charge in [-0.3, -0.25) is 10.1 Å². The van der Waals surface area contributed by atoms with Crippen molar-refractivity contribution in [3.63, 3.8) is 0 Å². The smallest absolute Gasteiger partial charge is 0.319 e. The van der Waals surface area contributed by atoms with Crippen LogP contribution in [0.15, 0.2) is 48.5 Å². The maximum Gasteiger partial charge on any atom is 0.319 e. The third kappa shape index (κ3) is 3.89. The number of benzene rings is 2. The Morgan fingerprint density at radius 3 is 2.60 bits per heavy atom. The van der Waals surface area contributed by atoms with Crippen LogP contribution in [0.25, 0.3) is 0 Å². The molecule has 130 valence electrons. The number of hydrogen-bond donors (Lipinski definition) is 3. The van der Waals surface area contributed by atoms with Crippen molar-refractivity contribution in [3.05, 3.63) is 59.7 Å². The van der Waals surface area contributed by atoms with Crippen molar-refractivity contribution in [1.29, 1.82) is 0 Å². The van der Waals surface area contributed by atoms with E-state index in [1.807, 2.05) is 55.6 Å². The van der Waals surface area contributed by atoms with E-state index in [1.165, 1.54) is 0 Å². The standard InChI is InChI=1S/C18H19N3O4/c1-21(10-12-7-8-14-15(9-12)25-11-24-14)16(17(22)20-18(19)23)13-5-3-2-4-6-13/h2-9,16H,10-11H2,1H3,(H3,19,20,22,23)/p+1/t16-/m0/s1. The lowest BCUT2D eigenvalue weighted by Crippen LogP contribution is -3.09. The van der Waals surface area contributed by atoms with Gasteiger partial charge in [0, 0.05) is 11.1 Å². The third-order valence-corrected chi connectivity index (χ3v) is 4.05. The first-order valence-corrected chi connectivity index (χ1v) is 7.90. The van der Waals surface area contributed by atoms with E-state index in [0.717, 1.165) is 16.0 Å². The van der Waals surface area contributed by atoms with Crippen LogP contribution in [-0.2, 0) is 11.3 Å². The molecule has 3 rings (SSSR count). The summed E-state index contributed by atoms with van der Waals surface area (Å²) in [5.41, 5.74) is 6.91. The van der Waals surface area contributed by atoms with Gasteiger partial charge in [0.1, 0.15) is 6.54 Å². The number of fused-ring (bicyclic) bond motifs is 1. The number of quaternary nitrogens is 1. The van der Waals surface area contributed by atoms with E-state index in [1.54, 1.807) is 0 Å². The second kappa shape index (κ2) is 7.23. The van der Waals surface area contributed by atoms with Gasteiger partial charge in [0.15, 0.2) is 17.5 Å². The van der Waals surface area contributed by atoms with Crippen molar-refractivity contribution >= 4 is 11.9 Å². The summed E-state index contributed by atoms with van der Waals surface area (Å²) >= 11 is 0. The molecule has 1 aliphatic heterocycles. The van der Waals surface area contributed by atoms with Crippen LogP contribution in [-0.4, -0.2) is 25.8 Å². The van der Waals surface area contributed by atoms with E-state index in [0.29, 0.717) is 18.0 Å². The zero-order valence-electron chi connectivity index (χ0n) is 13.8. The average Bonchev–Trinajstić information content (AvgIpc) is 3.03. The highest BCUT2D eigenvalue weighted by atomic mass is 16.7. The second-order valence-corrected chi connectivity index (χ2v) is 5.91. The largest absolute Gasteiger partial charge is 0.454 e. The van der Waals surface area contributed by atoms with Gasteiger partial charge in [-0.05, 0) is 18.2 Å². The number of carbonyl (C=O) groups excluding carboxylic acids is 2. The Balaban J connectivity index is 1.82. The van der Waals surface area contributed by atoms with Crippen LogP contribution in [0.2, 0.25) is 0 Å². The van der Waals surface area contributed by atoms with Crippen molar-refractivity contribution in [3.8, 4) is 11.5 Å². The Kier molecular flexibility index (Phi) is 4.85. The van der Waals surface area contributed by atoms with Crippen molar-refractivity contribution in [2.75, 3.05) is 13.8 Å². The normalized spacial score (nSPS) is 14.6. The van der Waals surface area contributed by atoms with E-state index in [2.05, 4.69) is 5.32 Å². The zero-order chi connectivity index (χ0) is 17.8. The Bertz CT molecular complexity index is 779. The summed E-state index contributed by atoms with van der Waals surface area (Å²) in [7, 11) is 1.89. The Hall–Kier alpha value is -3.06. The van der Waals surface area contributed by atoms with Crippen LogP contribution >= 0.6 is 0 Å². The molecule has 1 aliphatic rings. The predicted octanol–water partition coefficient (Wildman–Crippen LogP) is 0.366. The first-order chi connectivity index (χ1) is 12.0. The van der Waals surface area contributed by atoms with Crippen LogP contribution in [0, 0.1) is 0 Å². The second-order valence-electron chi connectivity index (χ2n) is 5.91. The molecule has 7 heteroatoms. The van der Waals surface area contributed by atoms with Crippen molar-refractivity contribution in [2.45, 2.75) is 12.6 Å². The lowest BCUT2D eigenvalue weighted by atomic mass is 10.0. The molecule has 4 N–H and O–H groups in total. The first-order valence-electron chi connectivity index (χ1n) is 7.90. The molecule has 0 fully saturated rings. The van der Waals surface area contributed by atoms with Gasteiger partial charge in [-0.15, -0.1) is 0 Å². The summed E-state index contributed by atoms with van der Waals surface area (Å²) in [6.07, 6.45) is 0. The van der Waals surface area contributed by atoms with Crippen LogP contribution < -0.4 is 25.4 Å². The number of urea groups is 1. The van der Waals surface area contributed by atoms with Gasteiger partial charge in [-0.1, -0.05) is 30.3 Å². The first kappa shape index (κ1) is 16.8. The molecule has 0 saturated heterocycles. The highest BCUT2D eigenvalue weighted by molar-refractivity contribution is 5.96. The number of nitrogens with two attached hydrogens (primary N) is 1. The molecule has 7 nitrogen and oxygen atoms in total. The number of primary amides is 1. The van der Waals surface area contributed by atoms with Gasteiger partial charge in [0.2, 0.25) is 6.79 Å². The molecule has 25 heavy (non-hydrogen) atoms. The Morgan fingerprint density at radius 1 is 1.16 bits per heavy atom. The summed E-state index contributed by atoms with van der Waals surface area (Å²) < 4.78 is 10.7. The molecule has 0 spiro atoms. The molecule has 2 aromatic rings. The van der Waals surface area contributed by atoms with Crippen LogP contribution in [0.4, 0.5) is 4.79 Å². The topological polar surface area (TPSA) is 95.1 Å². The minimum absolute atomic E-state index is 0.217. The van der Waals surface area contributed by atoms with Gasteiger partial charge >= 0.3 is 6.03 Å². The fourth-order valence-electron chi connectivity index (χ4n) is 2.97. The van der Waals surface area contributed by atoms with Gasteiger partial charge in [0.05, 0.1) is 7.05 Å². The van der Waals surface area contributed by atoms with Crippen LogP contribution in [0.5, 0.6) is 11.5 Å². The number of ether oxygens (including phenoxy) is 2.